The maximum absolute atomic E-state index is 6.08. The van der Waals surface area contributed by atoms with Crippen LogP contribution in [-0.2, 0) is 11.3 Å². The third-order valence-corrected chi connectivity index (χ3v) is 3.22. The molecule has 1 rings (SSSR count). The molecule has 3 heteroatoms. The zero-order chi connectivity index (χ0) is 14.1. The summed E-state index contributed by atoms with van der Waals surface area (Å²) in [6, 6.07) is 6.38. The fourth-order valence-corrected chi connectivity index (χ4v) is 1.99. The van der Waals surface area contributed by atoms with Crippen LogP contribution < -0.4 is 10.1 Å². The molecule has 19 heavy (non-hydrogen) atoms. The van der Waals surface area contributed by atoms with Gasteiger partial charge in [-0.25, -0.2) is 0 Å². The predicted octanol–water partition coefficient (Wildman–Crippen LogP) is 3.30. The molecule has 0 heterocycles. The van der Waals surface area contributed by atoms with Gasteiger partial charge < -0.3 is 14.8 Å². The van der Waals surface area contributed by atoms with E-state index in [-0.39, 0.29) is 0 Å². The first kappa shape index (κ1) is 16.0. The monoisotopic (exact) mass is 265 g/mol. The standard InChI is InChI=1S/C16H27NO2/c1-5-15(6-2)19-16-8-7-13(3)11-14(16)12-17-9-10-18-4/h7-8,11,15,17H,5-6,9-10,12H2,1-4H3. The topological polar surface area (TPSA) is 30.5 Å². The molecule has 0 aromatic heterocycles. The molecule has 1 aromatic carbocycles. The highest BCUT2D eigenvalue weighted by atomic mass is 16.5. The van der Waals surface area contributed by atoms with Gasteiger partial charge in [0.15, 0.2) is 0 Å². The van der Waals surface area contributed by atoms with Gasteiger partial charge in [-0.05, 0) is 25.8 Å². The van der Waals surface area contributed by atoms with E-state index in [1.54, 1.807) is 7.11 Å². The lowest BCUT2D eigenvalue weighted by Crippen LogP contribution is -2.20. The van der Waals surface area contributed by atoms with Crippen molar-refractivity contribution in [2.75, 3.05) is 20.3 Å². The Labute approximate surface area is 117 Å². The molecule has 0 atom stereocenters. The summed E-state index contributed by atoms with van der Waals surface area (Å²) in [7, 11) is 1.72. The molecule has 0 amide bonds. The fourth-order valence-electron chi connectivity index (χ4n) is 1.99. The SMILES string of the molecule is CCC(CC)Oc1ccc(C)cc1CNCCOC. The number of hydrogen-bond donors (Lipinski definition) is 1. The number of aryl methyl sites for hydroxylation is 1. The Bertz CT molecular complexity index is 362. The lowest BCUT2D eigenvalue weighted by Gasteiger charge is -2.19. The van der Waals surface area contributed by atoms with Crippen molar-refractivity contribution in [3.63, 3.8) is 0 Å². The minimum Gasteiger partial charge on any atom is -0.490 e. The number of rotatable bonds is 9. The van der Waals surface area contributed by atoms with E-state index in [4.69, 9.17) is 9.47 Å². The predicted molar refractivity (Wildman–Crippen MR) is 79.8 cm³/mol. The summed E-state index contributed by atoms with van der Waals surface area (Å²) in [5.74, 6) is 1.00. The summed E-state index contributed by atoms with van der Waals surface area (Å²) in [6.07, 6.45) is 2.39. The van der Waals surface area contributed by atoms with E-state index >= 15 is 0 Å². The first-order chi connectivity index (χ1) is 9.21. The van der Waals surface area contributed by atoms with Crippen LogP contribution in [0.2, 0.25) is 0 Å². The van der Waals surface area contributed by atoms with Crippen molar-refractivity contribution in [3.8, 4) is 5.75 Å². The molecule has 0 fully saturated rings. The molecule has 108 valence electrons. The van der Waals surface area contributed by atoms with Crippen molar-refractivity contribution in [1.29, 1.82) is 0 Å². The van der Waals surface area contributed by atoms with Gasteiger partial charge in [-0.3, -0.25) is 0 Å². The van der Waals surface area contributed by atoms with E-state index in [0.717, 1.165) is 38.3 Å². The summed E-state index contributed by atoms with van der Waals surface area (Å²) < 4.78 is 11.1. The minimum atomic E-state index is 0.306. The molecule has 0 aliphatic rings. The molecular weight excluding hydrogens is 238 g/mol. The Morgan fingerprint density at radius 2 is 1.95 bits per heavy atom. The van der Waals surface area contributed by atoms with Crippen molar-refractivity contribution >= 4 is 0 Å². The molecule has 0 saturated carbocycles. The molecule has 0 aliphatic heterocycles. The summed E-state index contributed by atoms with van der Waals surface area (Å²) in [5.41, 5.74) is 2.49. The van der Waals surface area contributed by atoms with Crippen molar-refractivity contribution in [3.05, 3.63) is 29.3 Å². The second kappa shape index (κ2) is 8.94. The van der Waals surface area contributed by atoms with Crippen molar-refractivity contribution < 1.29 is 9.47 Å². The van der Waals surface area contributed by atoms with Crippen molar-refractivity contribution in [1.82, 2.24) is 5.32 Å². The van der Waals surface area contributed by atoms with Crippen LogP contribution in [0.15, 0.2) is 18.2 Å². The molecule has 1 aromatic rings. The molecule has 0 aliphatic carbocycles. The van der Waals surface area contributed by atoms with Gasteiger partial charge in [-0.2, -0.15) is 0 Å². The summed E-state index contributed by atoms with van der Waals surface area (Å²) in [6.45, 7) is 8.85. The maximum atomic E-state index is 6.08. The van der Waals surface area contributed by atoms with E-state index in [1.165, 1.54) is 11.1 Å². The average molecular weight is 265 g/mol. The maximum Gasteiger partial charge on any atom is 0.124 e. The second-order valence-electron chi connectivity index (χ2n) is 4.84. The van der Waals surface area contributed by atoms with E-state index in [1.807, 2.05) is 0 Å². The molecule has 0 bridgehead atoms. The number of ether oxygens (including phenoxy) is 2. The zero-order valence-corrected chi connectivity index (χ0v) is 12.7. The molecule has 0 saturated heterocycles. The smallest absolute Gasteiger partial charge is 0.124 e. The number of benzene rings is 1. The highest BCUT2D eigenvalue weighted by molar-refractivity contribution is 5.37. The molecule has 0 radical (unpaired) electrons. The Morgan fingerprint density at radius 1 is 1.21 bits per heavy atom. The van der Waals surface area contributed by atoms with E-state index < -0.39 is 0 Å². The quantitative estimate of drug-likeness (QED) is 0.695. The van der Waals surface area contributed by atoms with Crippen LogP contribution >= 0.6 is 0 Å². The highest BCUT2D eigenvalue weighted by Gasteiger charge is 2.09. The van der Waals surface area contributed by atoms with E-state index in [9.17, 15) is 0 Å². The van der Waals surface area contributed by atoms with Crippen LogP contribution in [0, 0.1) is 6.92 Å². The van der Waals surface area contributed by atoms with Crippen LogP contribution in [0.4, 0.5) is 0 Å². The minimum absolute atomic E-state index is 0.306. The van der Waals surface area contributed by atoms with E-state index in [2.05, 4.69) is 44.3 Å². The summed E-state index contributed by atoms with van der Waals surface area (Å²) >= 11 is 0. The van der Waals surface area contributed by atoms with Gasteiger partial charge in [0.2, 0.25) is 0 Å². The number of nitrogens with one attached hydrogen (secondary N) is 1. The van der Waals surface area contributed by atoms with Crippen LogP contribution in [0.25, 0.3) is 0 Å². The molecule has 1 N–H and O–H groups in total. The third kappa shape index (κ3) is 5.62. The van der Waals surface area contributed by atoms with Gasteiger partial charge in [-0.1, -0.05) is 31.5 Å². The normalized spacial score (nSPS) is 11.0. The largest absolute Gasteiger partial charge is 0.490 e. The third-order valence-electron chi connectivity index (χ3n) is 3.22. The Morgan fingerprint density at radius 3 is 2.58 bits per heavy atom. The molecule has 0 spiro atoms. The Balaban J connectivity index is 2.67. The number of hydrogen-bond acceptors (Lipinski definition) is 3. The van der Waals surface area contributed by atoms with Crippen LogP contribution in [-0.4, -0.2) is 26.4 Å². The van der Waals surface area contributed by atoms with Crippen molar-refractivity contribution in [2.45, 2.75) is 46.3 Å². The summed E-state index contributed by atoms with van der Waals surface area (Å²) in [5, 5.41) is 3.37. The van der Waals surface area contributed by atoms with E-state index in [0.29, 0.717) is 6.10 Å². The zero-order valence-electron chi connectivity index (χ0n) is 12.7. The fraction of sp³-hybridized carbons (Fsp3) is 0.625. The highest BCUT2D eigenvalue weighted by Crippen LogP contribution is 2.22. The van der Waals surface area contributed by atoms with Gasteiger partial charge in [-0.15, -0.1) is 0 Å². The van der Waals surface area contributed by atoms with Crippen LogP contribution in [0.5, 0.6) is 5.75 Å². The Hall–Kier alpha value is -1.06. The molecular formula is C16H27NO2. The Kier molecular flexibility index (Phi) is 7.53. The molecule has 3 nitrogen and oxygen atoms in total. The average Bonchev–Trinajstić information content (AvgIpc) is 2.43. The van der Waals surface area contributed by atoms with Crippen LogP contribution in [0.1, 0.15) is 37.8 Å². The van der Waals surface area contributed by atoms with Gasteiger partial charge in [0, 0.05) is 25.8 Å². The van der Waals surface area contributed by atoms with Gasteiger partial charge in [0.05, 0.1) is 12.7 Å². The number of methoxy groups -OCH3 is 1. The molecule has 0 unspecified atom stereocenters. The van der Waals surface area contributed by atoms with Crippen LogP contribution in [0.3, 0.4) is 0 Å². The second-order valence-corrected chi connectivity index (χ2v) is 4.84. The first-order valence-electron chi connectivity index (χ1n) is 7.17. The van der Waals surface area contributed by atoms with Gasteiger partial charge >= 0.3 is 0 Å². The lowest BCUT2D eigenvalue weighted by molar-refractivity contribution is 0.188. The van der Waals surface area contributed by atoms with Gasteiger partial charge in [0.1, 0.15) is 5.75 Å². The van der Waals surface area contributed by atoms with Crippen molar-refractivity contribution in [2.24, 2.45) is 0 Å². The van der Waals surface area contributed by atoms with Gasteiger partial charge in [0.25, 0.3) is 0 Å². The summed E-state index contributed by atoms with van der Waals surface area (Å²) in [4.78, 5) is 0. The lowest BCUT2D eigenvalue weighted by atomic mass is 10.1. The first-order valence-corrected chi connectivity index (χ1v) is 7.17.